The number of hydrogen-bond donors (Lipinski definition) is 2. The maximum Gasteiger partial charge on any atom is 0.240 e. The molecule has 0 radical (unpaired) electrons. The Hall–Kier alpha value is -4.40. The summed E-state index contributed by atoms with van der Waals surface area (Å²) in [4.78, 5) is 43.4. The van der Waals surface area contributed by atoms with E-state index < -0.39 is 0 Å². The number of hydrogen-bond acceptors (Lipinski definition) is 6. The Labute approximate surface area is 204 Å². The third-order valence-electron chi connectivity index (χ3n) is 5.13. The van der Waals surface area contributed by atoms with Crippen molar-refractivity contribution in [3.05, 3.63) is 78.5 Å². The molecule has 3 rings (SSSR count). The fraction of sp³-hybridized carbons (Fsp3) is 0.231. The Balaban J connectivity index is 1.62. The van der Waals surface area contributed by atoms with Crippen LogP contribution in [-0.2, 0) is 20.9 Å². The van der Waals surface area contributed by atoms with E-state index in [1.165, 1.54) is 4.90 Å². The maximum atomic E-state index is 13.0. The normalized spacial score (nSPS) is 10.2. The van der Waals surface area contributed by atoms with E-state index in [0.717, 1.165) is 11.3 Å². The van der Waals surface area contributed by atoms with Crippen LogP contribution in [0.5, 0.6) is 11.5 Å². The molecule has 3 amide bonds. The molecule has 0 saturated carbocycles. The fourth-order valence-electron chi connectivity index (χ4n) is 3.23. The van der Waals surface area contributed by atoms with Crippen LogP contribution in [0.15, 0.2) is 72.9 Å². The van der Waals surface area contributed by atoms with Gasteiger partial charge in [-0.2, -0.15) is 0 Å². The summed E-state index contributed by atoms with van der Waals surface area (Å²) >= 11 is 0. The van der Waals surface area contributed by atoms with Crippen LogP contribution in [0, 0.1) is 0 Å². The van der Waals surface area contributed by atoms with Crippen molar-refractivity contribution in [1.29, 1.82) is 0 Å². The van der Waals surface area contributed by atoms with Gasteiger partial charge in [-0.1, -0.05) is 18.2 Å². The van der Waals surface area contributed by atoms with Gasteiger partial charge >= 0.3 is 0 Å². The van der Waals surface area contributed by atoms with Crippen LogP contribution in [-0.4, -0.2) is 43.5 Å². The molecule has 0 spiro atoms. The lowest BCUT2D eigenvalue weighted by molar-refractivity contribution is -0.125. The molecule has 0 aliphatic rings. The van der Waals surface area contributed by atoms with E-state index in [0.29, 0.717) is 23.8 Å². The third kappa shape index (κ3) is 7.85. The maximum absolute atomic E-state index is 13.0. The Morgan fingerprint density at radius 1 is 0.829 bits per heavy atom. The SMILES string of the molecule is COc1ccc(CNC(=O)CN(C(=O)CCC(=O)Nc2ccccn2)c2ccc(OC)cc2)cc1. The van der Waals surface area contributed by atoms with Crippen molar-refractivity contribution < 1.29 is 23.9 Å². The van der Waals surface area contributed by atoms with Crippen molar-refractivity contribution in [3.63, 3.8) is 0 Å². The average molecular weight is 477 g/mol. The lowest BCUT2D eigenvalue weighted by Crippen LogP contribution is -2.41. The van der Waals surface area contributed by atoms with Crippen LogP contribution in [0.25, 0.3) is 0 Å². The van der Waals surface area contributed by atoms with Crippen LogP contribution in [0.1, 0.15) is 18.4 Å². The minimum absolute atomic E-state index is 0.0461. The lowest BCUT2D eigenvalue weighted by Gasteiger charge is -2.23. The monoisotopic (exact) mass is 476 g/mol. The second-order valence-corrected chi connectivity index (χ2v) is 7.57. The molecule has 3 aromatic rings. The lowest BCUT2D eigenvalue weighted by atomic mass is 10.2. The minimum atomic E-state index is -0.356. The summed E-state index contributed by atoms with van der Waals surface area (Å²) in [5.74, 6) is 0.739. The van der Waals surface area contributed by atoms with Gasteiger partial charge in [-0.25, -0.2) is 4.98 Å². The summed E-state index contributed by atoms with van der Waals surface area (Å²) in [6.45, 7) is 0.114. The largest absolute Gasteiger partial charge is 0.497 e. The first-order valence-corrected chi connectivity index (χ1v) is 11.0. The van der Waals surface area contributed by atoms with Gasteiger partial charge in [0.05, 0.1) is 14.2 Å². The van der Waals surface area contributed by atoms with Crippen LogP contribution < -0.4 is 25.0 Å². The van der Waals surface area contributed by atoms with Crippen molar-refractivity contribution in [2.75, 3.05) is 31.0 Å². The molecule has 182 valence electrons. The van der Waals surface area contributed by atoms with E-state index in [1.54, 1.807) is 62.9 Å². The molecule has 0 atom stereocenters. The van der Waals surface area contributed by atoms with Gasteiger partial charge in [-0.15, -0.1) is 0 Å². The van der Waals surface area contributed by atoms with Gasteiger partial charge in [-0.3, -0.25) is 14.4 Å². The van der Waals surface area contributed by atoms with Crippen molar-refractivity contribution in [2.24, 2.45) is 0 Å². The molecule has 9 nitrogen and oxygen atoms in total. The second-order valence-electron chi connectivity index (χ2n) is 7.57. The van der Waals surface area contributed by atoms with Gasteiger partial charge < -0.3 is 25.0 Å². The molecule has 2 N–H and O–H groups in total. The van der Waals surface area contributed by atoms with Crippen LogP contribution in [0.3, 0.4) is 0 Å². The number of carbonyl (C=O) groups excluding carboxylic acids is 3. The van der Waals surface area contributed by atoms with Crippen molar-refractivity contribution in [1.82, 2.24) is 10.3 Å². The highest BCUT2D eigenvalue weighted by Gasteiger charge is 2.20. The second kappa shape index (κ2) is 12.7. The first kappa shape index (κ1) is 25.2. The van der Waals surface area contributed by atoms with Gasteiger partial charge in [0.2, 0.25) is 17.7 Å². The number of aromatic nitrogens is 1. The summed E-state index contributed by atoms with van der Waals surface area (Å²) in [5.41, 5.74) is 1.42. The predicted molar refractivity (Wildman–Crippen MR) is 132 cm³/mol. The molecule has 1 aromatic heterocycles. The van der Waals surface area contributed by atoms with Gasteiger partial charge in [0.15, 0.2) is 0 Å². The van der Waals surface area contributed by atoms with E-state index >= 15 is 0 Å². The summed E-state index contributed by atoms with van der Waals surface area (Å²) in [6, 6.07) is 19.3. The minimum Gasteiger partial charge on any atom is -0.497 e. The fourth-order valence-corrected chi connectivity index (χ4v) is 3.23. The molecule has 0 saturated heterocycles. The molecule has 0 aliphatic heterocycles. The molecule has 0 aliphatic carbocycles. The number of methoxy groups -OCH3 is 2. The molecular weight excluding hydrogens is 448 g/mol. The smallest absolute Gasteiger partial charge is 0.240 e. The summed E-state index contributed by atoms with van der Waals surface area (Å²) in [5, 5.41) is 5.48. The van der Waals surface area contributed by atoms with Gasteiger partial charge in [0.25, 0.3) is 0 Å². The topological polar surface area (TPSA) is 110 Å². The highest BCUT2D eigenvalue weighted by atomic mass is 16.5. The van der Waals surface area contributed by atoms with Crippen molar-refractivity contribution in [2.45, 2.75) is 19.4 Å². The third-order valence-corrected chi connectivity index (χ3v) is 5.13. The molecule has 1 heterocycles. The van der Waals surface area contributed by atoms with E-state index in [-0.39, 0.29) is 37.1 Å². The van der Waals surface area contributed by atoms with Crippen molar-refractivity contribution >= 4 is 29.2 Å². The van der Waals surface area contributed by atoms with Gasteiger partial charge in [0.1, 0.15) is 23.9 Å². The molecule has 35 heavy (non-hydrogen) atoms. The molecule has 9 heteroatoms. The summed E-state index contributed by atoms with van der Waals surface area (Å²) < 4.78 is 10.3. The van der Waals surface area contributed by atoms with E-state index in [1.807, 2.05) is 24.3 Å². The Morgan fingerprint density at radius 3 is 2.09 bits per heavy atom. The zero-order chi connectivity index (χ0) is 25.0. The number of pyridine rings is 1. The Kier molecular flexibility index (Phi) is 9.18. The number of ether oxygens (including phenoxy) is 2. The van der Waals surface area contributed by atoms with Gasteiger partial charge in [0, 0.05) is 31.3 Å². The molecular formula is C26H28N4O5. The number of nitrogens with zero attached hydrogens (tertiary/aromatic N) is 2. The molecule has 2 aromatic carbocycles. The standard InChI is InChI=1S/C26H28N4O5/c1-34-21-10-6-19(7-11-21)17-28-25(32)18-30(20-8-12-22(35-2)13-9-20)26(33)15-14-24(31)29-23-5-3-4-16-27-23/h3-13,16H,14-15,17-18H2,1-2H3,(H,28,32)(H,27,29,31). The first-order valence-electron chi connectivity index (χ1n) is 11.0. The average Bonchev–Trinajstić information content (AvgIpc) is 2.90. The quantitative estimate of drug-likeness (QED) is 0.440. The number of anilines is 2. The number of amides is 3. The van der Waals surface area contributed by atoms with Crippen LogP contribution in [0.4, 0.5) is 11.5 Å². The molecule has 0 unspecified atom stereocenters. The van der Waals surface area contributed by atoms with Gasteiger partial charge in [-0.05, 0) is 54.1 Å². The number of benzene rings is 2. The van der Waals surface area contributed by atoms with Crippen LogP contribution in [0.2, 0.25) is 0 Å². The number of nitrogens with one attached hydrogen (secondary N) is 2. The highest BCUT2D eigenvalue weighted by Crippen LogP contribution is 2.20. The summed E-state index contributed by atoms with van der Waals surface area (Å²) in [7, 11) is 3.13. The number of carbonyl (C=O) groups is 3. The Bertz CT molecular complexity index is 1120. The van der Waals surface area contributed by atoms with E-state index in [2.05, 4.69) is 15.6 Å². The summed E-state index contributed by atoms with van der Waals surface area (Å²) in [6.07, 6.45) is 1.45. The molecule has 0 bridgehead atoms. The van der Waals surface area contributed by atoms with Crippen LogP contribution >= 0.6 is 0 Å². The van der Waals surface area contributed by atoms with E-state index in [4.69, 9.17) is 9.47 Å². The first-order chi connectivity index (χ1) is 17.0. The van der Waals surface area contributed by atoms with Crippen molar-refractivity contribution in [3.8, 4) is 11.5 Å². The zero-order valence-electron chi connectivity index (χ0n) is 19.7. The highest BCUT2D eigenvalue weighted by molar-refractivity contribution is 6.01. The predicted octanol–water partition coefficient (Wildman–Crippen LogP) is 3.17. The molecule has 0 fully saturated rings. The number of rotatable bonds is 11. The van der Waals surface area contributed by atoms with E-state index in [9.17, 15) is 14.4 Å². The Morgan fingerprint density at radius 2 is 1.49 bits per heavy atom. The zero-order valence-corrected chi connectivity index (χ0v) is 19.7.